The minimum absolute atomic E-state index is 0.113. The molecule has 8 heteroatoms. The van der Waals surface area contributed by atoms with Crippen LogP contribution in [0.15, 0.2) is 5.16 Å². The molecule has 1 aromatic rings. The molecule has 0 radical (unpaired) electrons. The number of carbonyl (C=O) groups is 1. The molecule has 0 spiro atoms. The second-order valence-corrected chi connectivity index (χ2v) is 11.1. The third-order valence-corrected chi connectivity index (χ3v) is 8.08. The Hall–Kier alpha value is -1.28. The monoisotopic (exact) mass is 435 g/mol. The molecule has 1 amide bonds. The van der Waals surface area contributed by atoms with E-state index in [4.69, 9.17) is 4.74 Å². The van der Waals surface area contributed by atoms with Crippen LogP contribution in [0.1, 0.15) is 53.4 Å². The third kappa shape index (κ3) is 4.79. The average molecular weight is 436 g/mol. The Bertz CT molecular complexity index is 733. The van der Waals surface area contributed by atoms with Crippen LogP contribution in [0.2, 0.25) is 0 Å². The van der Waals surface area contributed by atoms with Crippen molar-refractivity contribution in [2.45, 2.75) is 76.4 Å². The summed E-state index contributed by atoms with van der Waals surface area (Å²) in [6, 6.07) is 0.258. The summed E-state index contributed by atoms with van der Waals surface area (Å²) in [5.41, 5.74) is 0. The molecule has 168 valence electrons. The molecule has 5 unspecified atom stereocenters. The number of hydrogen-bond donors (Lipinski definition) is 1. The van der Waals surface area contributed by atoms with E-state index in [0.717, 1.165) is 55.8 Å². The van der Waals surface area contributed by atoms with Gasteiger partial charge < -0.3 is 15.0 Å². The highest BCUT2D eigenvalue weighted by molar-refractivity contribution is 8.00. The zero-order chi connectivity index (χ0) is 21.3. The van der Waals surface area contributed by atoms with Crippen LogP contribution in [-0.2, 0) is 16.1 Å². The molecule has 2 aliphatic carbocycles. The molecule has 3 aliphatic rings. The smallest absolute Gasteiger partial charge is 0.233 e. The van der Waals surface area contributed by atoms with Crippen LogP contribution in [-0.4, -0.2) is 58.3 Å². The molecular formula is C22H37N5O2S. The molecule has 3 fully saturated rings. The molecule has 7 nitrogen and oxygen atoms in total. The first-order chi connectivity index (χ1) is 14.4. The lowest BCUT2D eigenvalue weighted by Crippen LogP contribution is -2.43. The maximum absolute atomic E-state index is 12.9. The van der Waals surface area contributed by atoms with Gasteiger partial charge in [-0.15, -0.1) is 10.2 Å². The van der Waals surface area contributed by atoms with Crippen molar-refractivity contribution < 1.29 is 9.53 Å². The van der Waals surface area contributed by atoms with E-state index >= 15 is 0 Å². The molecule has 1 aromatic heterocycles. The highest BCUT2D eigenvalue weighted by atomic mass is 32.2. The lowest BCUT2D eigenvalue weighted by atomic mass is 9.84. The summed E-state index contributed by atoms with van der Waals surface area (Å²) in [6.07, 6.45) is 5.41. The number of morpholine rings is 1. The summed E-state index contributed by atoms with van der Waals surface area (Å²) in [4.78, 5) is 15.2. The molecule has 0 aromatic carbocycles. The number of amides is 1. The number of hydrogen-bond acceptors (Lipinski definition) is 6. The average Bonchev–Trinajstić information content (AvgIpc) is 3.45. The number of thioether (sulfide) groups is 1. The Kier molecular flexibility index (Phi) is 6.92. The van der Waals surface area contributed by atoms with Crippen molar-refractivity contribution >= 4 is 23.6 Å². The predicted octanol–water partition coefficient (Wildman–Crippen LogP) is 3.19. The quantitative estimate of drug-likeness (QED) is 0.632. The number of ether oxygens (including phenoxy) is 1. The second kappa shape index (κ2) is 9.47. The van der Waals surface area contributed by atoms with E-state index in [2.05, 4.69) is 45.8 Å². The number of nitrogens with zero attached hydrogens (tertiary/aromatic N) is 4. The number of fused-ring (bicyclic) bond motifs is 2. The van der Waals surface area contributed by atoms with Crippen LogP contribution in [0.25, 0.3) is 0 Å². The molecule has 4 rings (SSSR count). The number of rotatable bonds is 8. The van der Waals surface area contributed by atoms with Gasteiger partial charge in [0, 0.05) is 25.7 Å². The molecule has 1 N–H and O–H groups in total. The number of aromatic nitrogens is 3. The lowest BCUT2D eigenvalue weighted by molar-refractivity contribution is -0.121. The van der Waals surface area contributed by atoms with E-state index in [1.807, 2.05) is 6.92 Å². The van der Waals surface area contributed by atoms with Crippen LogP contribution in [0.4, 0.5) is 5.95 Å². The van der Waals surface area contributed by atoms with Crippen LogP contribution < -0.4 is 10.2 Å². The first kappa shape index (κ1) is 21.9. The van der Waals surface area contributed by atoms with Gasteiger partial charge in [0.2, 0.25) is 11.9 Å². The van der Waals surface area contributed by atoms with Gasteiger partial charge in [0.25, 0.3) is 0 Å². The highest BCUT2D eigenvalue weighted by Crippen LogP contribution is 2.49. The minimum Gasteiger partial charge on any atom is -0.378 e. The Morgan fingerprint density at radius 3 is 2.57 bits per heavy atom. The third-order valence-electron chi connectivity index (χ3n) is 7.00. The summed E-state index contributed by atoms with van der Waals surface area (Å²) in [5, 5.41) is 12.9. The minimum atomic E-state index is -0.196. The zero-order valence-electron chi connectivity index (χ0n) is 18.8. The summed E-state index contributed by atoms with van der Waals surface area (Å²) in [5.74, 6) is 3.86. The van der Waals surface area contributed by atoms with E-state index in [9.17, 15) is 4.79 Å². The van der Waals surface area contributed by atoms with E-state index in [-0.39, 0.29) is 17.2 Å². The van der Waals surface area contributed by atoms with E-state index < -0.39 is 0 Å². The van der Waals surface area contributed by atoms with Crippen molar-refractivity contribution in [3.05, 3.63) is 0 Å². The van der Waals surface area contributed by atoms with Gasteiger partial charge in [0.05, 0.1) is 18.5 Å². The molecule has 5 atom stereocenters. The molecule has 30 heavy (non-hydrogen) atoms. The molecular weight excluding hydrogens is 398 g/mol. The van der Waals surface area contributed by atoms with Gasteiger partial charge in [-0.3, -0.25) is 9.36 Å². The second-order valence-electron chi connectivity index (χ2n) is 9.78. The Morgan fingerprint density at radius 2 is 1.93 bits per heavy atom. The van der Waals surface area contributed by atoms with Gasteiger partial charge in [-0.25, -0.2) is 0 Å². The molecule has 1 aliphatic heterocycles. The van der Waals surface area contributed by atoms with Crippen molar-refractivity contribution in [3.63, 3.8) is 0 Å². The van der Waals surface area contributed by atoms with Gasteiger partial charge in [0.15, 0.2) is 5.16 Å². The summed E-state index contributed by atoms with van der Waals surface area (Å²) >= 11 is 1.52. The predicted molar refractivity (Wildman–Crippen MR) is 120 cm³/mol. The van der Waals surface area contributed by atoms with Crippen molar-refractivity contribution in [2.24, 2.45) is 23.7 Å². The molecule has 2 saturated carbocycles. The largest absolute Gasteiger partial charge is 0.378 e. The molecule has 2 bridgehead atoms. The maximum atomic E-state index is 12.9. The van der Waals surface area contributed by atoms with Gasteiger partial charge in [-0.1, -0.05) is 32.0 Å². The maximum Gasteiger partial charge on any atom is 0.233 e. The van der Waals surface area contributed by atoms with Gasteiger partial charge in [0.1, 0.15) is 0 Å². The van der Waals surface area contributed by atoms with Crippen LogP contribution in [0, 0.1) is 23.7 Å². The number of anilines is 1. The van der Waals surface area contributed by atoms with E-state index in [1.54, 1.807) is 0 Å². The first-order valence-corrected chi connectivity index (χ1v) is 12.5. The Labute approximate surface area is 184 Å². The van der Waals surface area contributed by atoms with Crippen molar-refractivity contribution in [1.82, 2.24) is 20.1 Å². The van der Waals surface area contributed by atoms with Crippen LogP contribution >= 0.6 is 11.8 Å². The van der Waals surface area contributed by atoms with Gasteiger partial charge in [-0.2, -0.15) is 0 Å². The first-order valence-electron chi connectivity index (χ1n) is 11.6. The number of nitrogens with one attached hydrogen (secondary N) is 1. The Morgan fingerprint density at radius 1 is 1.17 bits per heavy atom. The lowest BCUT2D eigenvalue weighted by Gasteiger charge is -2.29. The van der Waals surface area contributed by atoms with Crippen molar-refractivity contribution in [3.8, 4) is 0 Å². The zero-order valence-corrected chi connectivity index (χ0v) is 19.7. The molecule has 2 heterocycles. The topological polar surface area (TPSA) is 72.3 Å². The van der Waals surface area contributed by atoms with Gasteiger partial charge >= 0.3 is 0 Å². The number of carbonyl (C=O) groups excluding carboxylic acids is 1. The van der Waals surface area contributed by atoms with Gasteiger partial charge in [-0.05, 0) is 56.8 Å². The summed E-state index contributed by atoms with van der Waals surface area (Å²) in [6.45, 7) is 12.5. The SMILES string of the molecule is CC(C)Cn1c(SC(C)C(=O)NC(C)C2CC3CCC2C3)nnc1N1CCOCC1. The van der Waals surface area contributed by atoms with Crippen LogP contribution in [0.3, 0.4) is 0 Å². The standard InChI is InChI=1S/C22H37N5O2S/c1-14(2)13-27-21(26-7-9-29-10-8-26)24-25-22(27)30-16(4)20(28)23-15(3)19-12-17-5-6-18(19)11-17/h14-19H,5-13H2,1-4H3,(H,23,28). The summed E-state index contributed by atoms with van der Waals surface area (Å²) in [7, 11) is 0. The normalized spacial score (nSPS) is 28.2. The highest BCUT2D eigenvalue weighted by Gasteiger charge is 2.42. The fraction of sp³-hybridized carbons (Fsp3) is 0.864. The van der Waals surface area contributed by atoms with E-state index in [0.29, 0.717) is 11.8 Å². The van der Waals surface area contributed by atoms with Crippen LogP contribution in [0.5, 0.6) is 0 Å². The summed E-state index contributed by atoms with van der Waals surface area (Å²) < 4.78 is 7.67. The fourth-order valence-corrected chi connectivity index (χ4v) is 6.32. The van der Waals surface area contributed by atoms with Crippen molar-refractivity contribution in [1.29, 1.82) is 0 Å². The van der Waals surface area contributed by atoms with Crippen molar-refractivity contribution in [2.75, 3.05) is 31.2 Å². The van der Waals surface area contributed by atoms with E-state index in [1.165, 1.54) is 37.4 Å². The fourth-order valence-electron chi connectivity index (χ4n) is 5.46. The Balaban J connectivity index is 1.39. The molecule has 1 saturated heterocycles.